The van der Waals surface area contributed by atoms with Gasteiger partial charge in [-0.1, -0.05) is 35.5 Å². The van der Waals surface area contributed by atoms with E-state index in [4.69, 9.17) is 21.1 Å². The van der Waals surface area contributed by atoms with Crippen LogP contribution in [0.5, 0.6) is 5.75 Å². The molecule has 0 aliphatic carbocycles. The lowest BCUT2D eigenvalue weighted by Gasteiger charge is -2.32. The SMILES string of the molecule is COC(=O)c1ccc(NC(=O)C2CC(=O)N(CCc3ccc(OC)cc3)C(=Nc3ccc(Cl)cc3)S2)cc1. The number of hydrogen-bond donors (Lipinski definition) is 1. The standard InChI is InChI=1S/C28H26ClN3O5S/c1-36-23-13-3-18(4-14-23)15-16-32-25(33)17-24(38-28(32)31-22-11-7-20(29)8-12-22)26(34)30-21-9-5-19(6-10-21)27(35)37-2/h3-14,24H,15-17H2,1-2H3,(H,30,34). The van der Waals surface area contributed by atoms with Crippen molar-refractivity contribution in [3.63, 3.8) is 0 Å². The molecule has 0 radical (unpaired) electrons. The monoisotopic (exact) mass is 551 g/mol. The highest BCUT2D eigenvalue weighted by atomic mass is 35.5. The molecule has 1 N–H and O–H groups in total. The number of benzene rings is 3. The number of methoxy groups -OCH3 is 2. The van der Waals surface area contributed by atoms with Crippen molar-refractivity contribution in [3.8, 4) is 5.75 Å². The highest BCUT2D eigenvalue weighted by Gasteiger charge is 2.35. The average Bonchev–Trinajstić information content (AvgIpc) is 2.94. The normalized spacial score (nSPS) is 16.3. The number of halogens is 1. The number of nitrogens with one attached hydrogen (secondary N) is 1. The summed E-state index contributed by atoms with van der Waals surface area (Å²) >= 11 is 7.26. The summed E-state index contributed by atoms with van der Waals surface area (Å²) in [6.45, 7) is 0.411. The van der Waals surface area contributed by atoms with Crippen LogP contribution in [-0.2, 0) is 20.7 Å². The summed E-state index contributed by atoms with van der Waals surface area (Å²) in [5, 5.41) is 3.17. The van der Waals surface area contributed by atoms with E-state index in [1.807, 2.05) is 24.3 Å². The zero-order valence-corrected chi connectivity index (χ0v) is 22.4. The average molecular weight is 552 g/mol. The van der Waals surface area contributed by atoms with Gasteiger partial charge in [-0.15, -0.1) is 0 Å². The minimum Gasteiger partial charge on any atom is -0.497 e. The second-order valence-corrected chi connectivity index (χ2v) is 9.99. The van der Waals surface area contributed by atoms with E-state index in [1.165, 1.54) is 18.9 Å². The highest BCUT2D eigenvalue weighted by molar-refractivity contribution is 8.15. The fourth-order valence-corrected chi connectivity index (χ4v) is 5.00. The number of thioether (sulfide) groups is 1. The molecular weight excluding hydrogens is 526 g/mol. The van der Waals surface area contributed by atoms with Crippen molar-refractivity contribution in [2.45, 2.75) is 18.1 Å². The Labute approximate surface area is 230 Å². The van der Waals surface area contributed by atoms with Crippen LogP contribution < -0.4 is 10.1 Å². The molecule has 1 atom stereocenters. The fourth-order valence-electron chi connectivity index (χ4n) is 3.75. The van der Waals surface area contributed by atoms with Gasteiger partial charge in [-0.05, 0) is 72.6 Å². The number of nitrogens with zero attached hydrogens (tertiary/aromatic N) is 2. The summed E-state index contributed by atoms with van der Waals surface area (Å²) in [5.41, 5.74) is 2.55. The Bertz CT molecular complexity index is 1330. The molecule has 1 saturated heterocycles. The summed E-state index contributed by atoms with van der Waals surface area (Å²) in [6.07, 6.45) is 0.637. The Hall–Kier alpha value is -3.82. The van der Waals surface area contributed by atoms with Crippen molar-refractivity contribution in [1.29, 1.82) is 0 Å². The van der Waals surface area contributed by atoms with E-state index >= 15 is 0 Å². The molecule has 0 saturated carbocycles. The van der Waals surface area contributed by atoms with Gasteiger partial charge >= 0.3 is 5.97 Å². The fraction of sp³-hybridized carbons (Fsp3) is 0.214. The number of hydrogen-bond acceptors (Lipinski definition) is 7. The number of ether oxygens (including phenoxy) is 2. The topological polar surface area (TPSA) is 97.3 Å². The molecule has 2 amide bonds. The van der Waals surface area contributed by atoms with Crippen molar-refractivity contribution in [1.82, 2.24) is 4.90 Å². The maximum Gasteiger partial charge on any atom is 0.337 e. The van der Waals surface area contributed by atoms with E-state index in [1.54, 1.807) is 60.5 Å². The van der Waals surface area contributed by atoms with Gasteiger partial charge < -0.3 is 14.8 Å². The van der Waals surface area contributed by atoms with Gasteiger partial charge in [-0.3, -0.25) is 14.5 Å². The Balaban J connectivity index is 1.51. The summed E-state index contributed by atoms with van der Waals surface area (Å²) in [5.74, 6) is -0.217. The molecule has 3 aromatic carbocycles. The van der Waals surface area contributed by atoms with Crippen molar-refractivity contribution in [3.05, 3.63) is 88.9 Å². The van der Waals surface area contributed by atoms with Crippen LogP contribution in [0.2, 0.25) is 5.02 Å². The van der Waals surface area contributed by atoms with Crippen LogP contribution in [0.3, 0.4) is 0 Å². The number of esters is 1. The van der Waals surface area contributed by atoms with Crippen LogP contribution in [0, 0.1) is 0 Å². The molecule has 3 aromatic rings. The first-order chi connectivity index (χ1) is 18.4. The number of carbonyl (C=O) groups is 3. The first-order valence-corrected chi connectivity index (χ1v) is 13.1. The second-order valence-electron chi connectivity index (χ2n) is 8.38. The van der Waals surface area contributed by atoms with E-state index in [-0.39, 0.29) is 18.2 Å². The summed E-state index contributed by atoms with van der Waals surface area (Å²) in [6, 6.07) is 21.0. The molecule has 1 heterocycles. The van der Waals surface area contributed by atoms with Crippen LogP contribution in [0.25, 0.3) is 0 Å². The Kier molecular flexibility index (Phi) is 9.04. The number of anilines is 1. The van der Waals surface area contributed by atoms with Gasteiger partial charge in [-0.25, -0.2) is 9.79 Å². The molecule has 0 bridgehead atoms. The van der Waals surface area contributed by atoms with Gasteiger partial charge in [0, 0.05) is 23.7 Å². The van der Waals surface area contributed by atoms with Crippen molar-refractivity contribution < 1.29 is 23.9 Å². The van der Waals surface area contributed by atoms with E-state index in [9.17, 15) is 14.4 Å². The Morgan fingerprint density at radius 3 is 2.34 bits per heavy atom. The molecule has 4 rings (SSSR count). The van der Waals surface area contributed by atoms with Gasteiger partial charge in [0.25, 0.3) is 0 Å². The summed E-state index contributed by atoms with van der Waals surface area (Å²) in [4.78, 5) is 44.3. The smallest absolute Gasteiger partial charge is 0.337 e. The van der Waals surface area contributed by atoms with Crippen molar-refractivity contribution >= 4 is 57.7 Å². The van der Waals surface area contributed by atoms with Crippen molar-refractivity contribution in [2.75, 3.05) is 26.1 Å². The van der Waals surface area contributed by atoms with E-state index in [0.717, 1.165) is 11.3 Å². The second kappa shape index (κ2) is 12.6. The molecule has 196 valence electrons. The molecule has 1 aliphatic heterocycles. The Morgan fingerprint density at radius 1 is 1.03 bits per heavy atom. The predicted molar refractivity (Wildman–Crippen MR) is 149 cm³/mol. The van der Waals surface area contributed by atoms with Gasteiger partial charge in [0.15, 0.2) is 5.17 Å². The molecule has 1 fully saturated rings. The lowest BCUT2D eigenvalue weighted by atomic mass is 10.1. The van der Waals surface area contributed by atoms with Gasteiger partial charge in [0.05, 0.1) is 25.5 Å². The molecule has 10 heteroatoms. The zero-order chi connectivity index (χ0) is 27.1. The van der Waals surface area contributed by atoms with Crippen LogP contribution in [0.4, 0.5) is 11.4 Å². The molecule has 1 aliphatic rings. The Morgan fingerprint density at radius 2 is 1.71 bits per heavy atom. The van der Waals surface area contributed by atoms with E-state index in [2.05, 4.69) is 10.3 Å². The van der Waals surface area contributed by atoms with Gasteiger partial charge in [0.2, 0.25) is 11.8 Å². The largest absolute Gasteiger partial charge is 0.497 e. The van der Waals surface area contributed by atoms with Crippen LogP contribution >= 0.6 is 23.4 Å². The number of amides is 2. The predicted octanol–water partition coefficient (Wildman–Crippen LogP) is 5.34. The molecule has 0 spiro atoms. The van der Waals surface area contributed by atoms with Crippen LogP contribution in [0.15, 0.2) is 77.8 Å². The van der Waals surface area contributed by atoms with Gasteiger partial charge in [-0.2, -0.15) is 0 Å². The minimum atomic E-state index is -0.675. The summed E-state index contributed by atoms with van der Waals surface area (Å²) in [7, 11) is 2.92. The third-order valence-electron chi connectivity index (χ3n) is 5.84. The molecule has 1 unspecified atom stereocenters. The third-order valence-corrected chi connectivity index (χ3v) is 7.28. The number of amidine groups is 1. The third kappa shape index (κ3) is 6.93. The number of rotatable bonds is 8. The van der Waals surface area contributed by atoms with Gasteiger partial charge in [0.1, 0.15) is 11.0 Å². The molecule has 0 aromatic heterocycles. The quantitative estimate of drug-likeness (QED) is 0.380. The van der Waals surface area contributed by atoms with Crippen LogP contribution in [-0.4, -0.2) is 53.9 Å². The maximum atomic E-state index is 13.2. The first-order valence-electron chi connectivity index (χ1n) is 11.8. The molecule has 38 heavy (non-hydrogen) atoms. The maximum absolute atomic E-state index is 13.2. The number of carbonyl (C=O) groups excluding carboxylic acids is 3. The molecule has 8 nitrogen and oxygen atoms in total. The van der Waals surface area contributed by atoms with E-state index in [0.29, 0.717) is 40.1 Å². The lowest BCUT2D eigenvalue weighted by Crippen LogP contribution is -2.46. The first kappa shape index (κ1) is 27.2. The lowest BCUT2D eigenvalue weighted by molar-refractivity contribution is -0.129. The van der Waals surface area contributed by atoms with Crippen molar-refractivity contribution in [2.24, 2.45) is 4.99 Å². The minimum absolute atomic E-state index is 0.0268. The summed E-state index contributed by atoms with van der Waals surface area (Å²) < 4.78 is 9.92. The number of aliphatic imine (C=N–C) groups is 1. The highest BCUT2D eigenvalue weighted by Crippen LogP contribution is 2.30. The van der Waals surface area contributed by atoms with Crippen LogP contribution in [0.1, 0.15) is 22.3 Å². The molecular formula is C28H26ClN3O5S. The van der Waals surface area contributed by atoms with E-state index < -0.39 is 11.2 Å². The zero-order valence-electron chi connectivity index (χ0n) is 20.8.